The SMILES string of the molecule is CCN(CC)CCn1c2ccccc2c2sc3ncccc3c(=O)c21. The highest BCUT2D eigenvalue weighted by molar-refractivity contribution is 7.25. The molecule has 4 aromatic rings. The van der Waals surface area contributed by atoms with Crippen LogP contribution in [0.15, 0.2) is 47.4 Å². The summed E-state index contributed by atoms with van der Waals surface area (Å²) in [6.45, 7) is 8.15. The molecule has 0 saturated heterocycles. The number of hydrogen-bond donors (Lipinski definition) is 0. The molecule has 0 spiro atoms. The van der Waals surface area contributed by atoms with Crippen LogP contribution in [0.2, 0.25) is 0 Å². The minimum absolute atomic E-state index is 0.0904. The maximum atomic E-state index is 13.2. The van der Waals surface area contributed by atoms with E-state index in [-0.39, 0.29) is 5.43 Å². The van der Waals surface area contributed by atoms with Crippen LogP contribution in [0.3, 0.4) is 0 Å². The molecule has 3 aromatic heterocycles. The Kier molecular flexibility index (Phi) is 4.27. The highest BCUT2D eigenvalue weighted by atomic mass is 32.1. The topological polar surface area (TPSA) is 38.1 Å². The van der Waals surface area contributed by atoms with Crippen LogP contribution in [-0.2, 0) is 6.54 Å². The van der Waals surface area contributed by atoms with E-state index in [2.05, 4.69) is 40.4 Å². The van der Waals surface area contributed by atoms with Crippen LogP contribution in [0.5, 0.6) is 0 Å². The summed E-state index contributed by atoms with van der Waals surface area (Å²) in [5.74, 6) is 0. The van der Waals surface area contributed by atoms with Gasteiger partial charge in [0.2, 0.25) is 5.43 Å². The molecule has 128 valence electrons. The van der Waals surface area contributed by atoms with Gasteiger partial charge in [-0.05, 0) is 31.3 Å². The second-order valence-electron chi connectivity index (χ2n) is 6.16. The van der Waals surface area contributed by atoms with E-state index in [1.165, 1.54) is 0 Å². The van der Waals surface area contributed by atoms with Gasteiger partial charge < -0.3 is 9.47 Å². The predicted octanol–water partition coefficient (Wildman–Crippen LogP) is 4.11. The monoisotopic (exact) mass is 351 g/mol. The van der Waals surface area contributed by atoms with Crippen molar-refractivity contribution in [3.63, 3.8) is 0 Å². The molecule has 0 radical (unpaired) electrons. The third-order valence-corrected chi connectivity index (χ3v) is 6.02. The maximum absolute atomic E-state index is 13.2. The van der Waals surface area contributed by atoms with Gasteiger partial charge >= 0.3 is 0 Å². The fraction of sp³-hybridized carbons (Fsp3) is 0.300. The van der Waals surface area contributed by atoms with Gasteiger partial charge in [0.15, 0.2) is 0 Å². The number of benzene rings is 1. The Labute approximate surface area is 150 Å². The molecule has 0 bridgehead atoms. The number of nitrogens with zero attached hydrogens (tertiary/aromatic N) is 3. The van der Waals surface area contributed by atoms with Crippen LogP contribution in [0, 0.1) is 0 Å². The van der Waals surface area contributed by atoms with Crippen LogP contribution in [0.1, 0.15) is 13.8 Å². The number of rotatable bonds is 5. The zero-order valence-electron chi connectivity index (χ0n) is 14.5. The van der Waals surface area contributed by atoms with Crippen molar-refractivity contribution < 1.29 is 0 Å². The lowest BCUT2D eigenvalue weighted by Gasteiger charge is -2.19. The Hall–Kier alpha value is -2.24. The summed E-state index contributed by atoms with van der Waals surface area (Å²) >= 11 is 1.62. The molecule has 3 heterocycles. The van der Waals surface area contributed by atoms with Crippen molar-refractivity contribution in [1.29, 1.82) is 0 Å². The van der Waals surface area contributed by atoms with Crippen molar-refractivity contribution in [3.05, 3.63) is 52.8 Å². The third-order valence-electron chi connectivity index (χ3n) is 4.89. The quantitative estimate of drug-likeness (QED) is 0.543. The smallest absolute Gasteiger partial charge is 0.213 e. The largest absolute Gasteiger partial charge is 0.335 e. The molecule has 1 aromatic carbocycles. The molecule has 4 rings (SSSR count). The van der Waals surface area contributed by atoms with Crippen molar-refractivity contribution >= 4 is 42.7 Å². The lowest BCUT2D eigenvalue weighted by Crippen LogP contribution is -2.27. The van der Waals surface area contributed by atoms with Crippen LogP contribution < -0.4 is 5.43 Å². The number of likely N-dealkylation sites (N-methyl/N-ethyl adjacent to an activating group) is 1. The van der Waals surface area contributed by atoms with E-state index in [4.69, 9.17) is 0 Å². The summed E-state index contributed by atoms with van der Waals surface area (Å²) in [5, 5.41) is 1.86. The third kappa shape index (κ3) is 2.64. The summed E-state index contributed by atoms with van der Waals surface area (Å²) in [5.41, 5.74) is 2.04. The fourth-order valence-corrected chi connectivity index (χ4v) is 4.64. The molecule has 0 N–H and O–H groups in total. The molecule has 0 saturated carbocycles. The lowest BCUT2D eigenvalue weighted by atomic mass is 10.2. The lowest BCUT2D eigenvalue weighted by molar-refractivity contribution is 0.293. The first-order valence-corrected chi connectivity index (χ1v) is 9.57. The normalized spacial score (nSPS) is 12.0. The Morgan fingerprint density at radius 3 is 2.64 bits per heavy atom. The standard InChI is InChI=1S/C20H21N3OS/c1-3-22(4-2)12-13-23-16-10-6-5-8-14(16)19-17(23)18(24)15-9-7-11-21-20(15)25-19/h5-11H,3-4,12-13H2,1-2H3. The summed E-state index contributed by atoms with van der Waals surface area (Å²) < 4.78 is 3.25. The van der Waals surface area contributed by atoms with E-state index >= 15 is 0 Å². The molecule has 0 aliphatic rings. The second kappa shape index (κ2) is 6.58. The molecule has 0 unspecified atom stereocenters. The summed E-state index contributed by atoms with van der Waals surface area (Å²) in [6, 6.07) is 12.0. The molecular formula is C20H21N3OS. The number of hydrogen-bond acceptors (Lipinski definition) is 4. The Morgan fingerprint density at radius 1 is 1.08 bits per heavy atom. The van der Waals surface area contributed by atoms with E-state index in [0.29, 0.717) is 5.39 Å². The number of aromatic nitrogens is 2. The molecule has 0 fully saturated rings. The van der Waals surface area contributed by atoms with Gasteiger partial charge in [-0.3, -0.25) is 4.79 Å². The van der Waals surface area contributed by atoms with Crippen LogP contribution >= 0.6 is 11.3 Å². The minimum atomic E-state index is 0.0904. The minimum Gasteiger partial charge on any atom is -0.335 e. The highest BCUT2D eigenvalue weighted by Crippen LogP contribution is 2.32. The zero-order valence-corrected chi connectivity index (χ0v) is 15.3. The van der Waals surface area contributed by atoms with Crippen molar-refractivity contribution in [2.45, 2.75) is 20.4 Å². The van der Waals surface area contributed by atoms with Crippen LogP contribution in [0.25, 0.3) is 31.3 Å². The van der Waals surface area contributed by atoms with Gasteiger partial charge in [-0.25, -0.2) is 4.98 Å². The van der Waals surface area contributed by atoms with E-state index in [1.807, 2.05) is 24.3 Å². The molecule has 0 atom stereocenters. The van der Waals surface area contributed by atoms with Gasteiger partial charge in [0.05, 0.1) is 15.6 Å². The molecule has 0 amide bonds. The van der Waals surface area contributed by atoms with E-state index < -0.39 is 0 Å². The van der Waals surface area contributed by atoms with Crippen molar-refractivity contribution in [3.8, 4) is 0 Å². The van der Waals surface area contributed by atoms with Crippen molar-refractivity contribution in [2.24, 2.45) is 0 Å². The fourth-order valence-electron chi connectivity index (χ4n) is 3.48. The van der Waals surface area contributed by atoms with Gasteiger partial charge in [0, 0.05) is 24.7 Å². The van der Waals surface area contributed by atoms with Gasteiger partial charge in [-0.15, -0.1) is 11.3 Å². The second-order valence-corrected chi connectivity index (χ2v) is 7.16. The van der Waals surface area contributed by atoms with Crippen LogP contribution in [0.4, 0.5) is 0 Å². The first-order chi connectivity index (χ1) is 12.2. The van der Waals surface area contributed by atoms with Gasteiger partial charge in [0.25, 0.3) is 0 Å². The summed E-state index contributed by atoms with van der Waals surface area (Å²) in [4.78, 5) is 20.8. The van der Waals surface area contributed by atoms with Crippen LogP contribution in [-0.4, -0.2) is 34.1 Å². The van der Waals surface area contributed by atoms with Gasteiger partial charge in [-0.2, -0.15) is 0 Å². The van der Waals surface area contributed by atoms with Crippen molar-refractivity contribution in [1.82, 2.24) is 14.5 Å². The predicted molar refractivity (Wildman–Crippen MR) is 107 cm³/mol. The number of para-hydroxylation sites is 1. The average Bonchev–Trinajstić information content (AvgIpc) is 2.97. The first-order valence-electron chi connectivity index (χ1n) is 8.75. The molecule has 5 heteroatoms. The maximum Gasteiger partial charge on any atom is 0.213 e. The highest BCUT2D eigenvalue weighted by Gasteiger charge is 2.17. The van der Waals surface area contributed by atoms with Gasteiger partial charge in [-0.1, -0.05) is 32.0 Å². The molecular weight excluding hydrogens is 330 g/mol. The Bertz CT molecular complexity index is 1110. The number of pyridine rings is 1. The average molecular weight is 351 g/mol. The molecule has 0 aliphatic heterocycles. The summed E-state index contributed by atoms with van der Waals surface area (Å²) in [6.07, 6.45) is 1.75. The molecule has 25 heavy (non-hydrogen) atoms. The molecule has 4 nitrogen and oxygen atoms in total. The number of fused-ring (bicyclic) bond motifs is 4. The molecule has 0 aliphatic carbocycles. The Balaban J connectivity index is 2.01. The van der Waals surface area contributed by atoms with E-state index in [1.54, 1.807) is 17.5 Å². The Morgan fingerprint density at radius 2 is 1.84 bits per heavy atom. The van der Waals surface area contributed by atoms with Gasteiger partial charge in [0.1, 0.15) is 10.3 Å². The van der Waals surface area contributed by atoms with E-state index in [9.17, 15) is 4.79 Å². The first kappa shape index (κ1) is 16.2. The zero-order chi connectivity index (χ0) is 17.4. The summed E-state index contributed by atoms with van der Waals surface area (Å²) in [7, 11) is 0. The van der Waals surface area contributed by atoms with Crippen molar-refractivity contribution in [2.75, 3.05) is 19.6 Å². The van der Waals surface area contributed by atoms with E-state index in [0.717, 1.165) is 52.1 Å².